The summed E-state index contributed by atoms with van der Waals surface area (Å²) in [6, 6.07) is 0.261. The first-order chi connectivity index (χ1) is 8.27. The summed E-state index contributed by atoms with van der Waals surface area (Å²) < 4.78 is 22.5. The molecule has 18 heavy (non-hydrogen) atoms. The summed E-state index contributed by atoms with van der Waals surface area (Å²) in [6.45, 7) is 4.55. The first kappa shape index (κ1) is 15.2. The molecule has 0 aromatic heterocycles. The van der Waals surface area contributed by atoms with Crippen molar-refractivity contribution < 1.29 is 13.6 Å². The molecule has 1 saturated heterocycles. The van der Waals surface area contributed by atoms with Crippen molar-refractivity contribution in [2.24, 2.45) is 16.3 Å². The molecule has 7 heteroatoms. The second kappa shape index (κ2) is 5.88. The van der Waals surface area contributed by atoms with Crippen molar-refractivity contribution in [3.63, 3.8) is 0 Å². The number of sulfone groups is 1. The van der Waals surface area contributed by atoms with Crippen molar-refractivity contribution >= 4 is 15.7 Å². The van der Waals surface area contributed by atoms with Gasteiger partial charge in [0.25, 0.3) is 0 Å². The van der Waals surface area contributed by atoms with Crippen LogP contribution in [0, 0.1) is 5.41 Å². The van der Waals surface area contributed by atoms with Gasteiger partial charge in [0.05, 0.1) is 11.5 Å². The third-order valence-corrected chi connectivity index (χ3v) is 5.25. The third kappa shape index (κ3) is 4.45. The summed E-state index contributed by atoms with van der Waals surface area (Å²) in [5, 5.41) is 15.0. The lowest BCUT2D eigenvalue weighted by molar-refractivity contribution is 0.303. The largest absolute Gasteiger partial charge is 0.409 e. The summed E-state index contributed by atoms with van der Waals surface area (Å²) >= 11 is 0. The van der Waals surface area contributed by atoms with Crippen LogP contribution in [0.3, 0.4) is 0 Å². The van der Waals surface area contributed by atoms with Gasteiger partial charge in [-0.3, -0.25) is 0 Å². The molecule has 1 aliphatic heterocycles. The quantitative estimate of drug-likeness (QED) is 0.290. The minimum atomic E-state index is -2.80. The Morgan fingerprint density at radius 1 is 1.44 bits per heavy atom. The molecule has 1 fully saturated rings. The average Bonchev–Trinajstić information content (AvgIpc) is 2.30. The van der Waals surface area contributed by atoms with E-state index in [1.54, 1.807) is 0 Å². The van der Waals surface area contributed by atoms with E-state index in [1.807, 2.05) is 13.8 Å². The maximum absolute atomic E-state index is 11.3. The Bertz CT molecular complexity index is 390. The Balaban J connectivity index is 2.31. The predicted octanol–water partition coefficient (Wildman–Crippen LogP) is 0.316. The van der Waals surface area contributed by atoms with Crippen LogP contribution in [0.4, 0.5) is 0 Å². The normalized spacial score (nSPS) is 22.0. The first-order valence-corrected chi connectivity index (χ1v) is 8.01. The molecule has 0 spiro atoms. The van der Waals surface area contributed by atoms with Crippen LogP contribution in [0.1, 0.15) is 33.1 Å². The fourth-order valence-electron chi connectivity index (χ4n) is 1.95. The second-order valence-electron chi connectivity index (χ2n) is 5.50. The zero-order valence-electron chi connectivity index (χ0n) is 11.0. The van der Waals surface area contributed by atoms with Gasteiger partial charge in [0.2, 0.25) is 0 Å². The van der Waals surface area contributed by atoms with Gasteiger partial charge in [-0.05, 0) is 25.8 Å². The SMILES string of the molecule is CC(C)(CCNC1CCS(=O)(=O)CC1)C(N)=NO. The number of nitrogens with one attached hydrogen (secondary N) is 1. The number of hydrogen-bond donors (Lipinski definition) is 3. The molecule has 0 aromatic carbocycles. The molecule has 1 aliphatic rings. The van der Waals surface area contributed by atoms with Gasteiger partial charge in [-0.25, -0.2) is 8.42 Å². The monoisotopic (exact) mass is 277 g/mol. The van der Waals surface area contributed by atoms with Gasteiger partial charge < -0.3 is 16.3 Å². The lowest BCUT2D eigenvalue weighted by Crippen LogP contribution is -2.40. The molecule has 1 heterocycles. The maximum Gasteiger partial charge on any atom is 0.150 e. The lowest BCUT2D eigenvalue weighted by atomic mass is 9.88. The van der Waals surface area contributed by atoms with E-state index in [2.05, 4.69) is 10.5 Å². The molecule has 0 amide bonds. The highest BCUT2D eigenvalue weighted by Crippen LogP contribution is 2.20. The highest BCUT2D eigenvalue weighted by molar-refractivity contribution is 7.91. The number of nitrogens with two attached hydrogens (primary N) is 1. The molecule has 106 valence electrons. The van der Waals surface area contributed by atoms with Crippen molar-refractivity contribution in [1.29, 1.82) is 0 Å². The Morgan fingerprint density at radius 3 is 2.50 bits per heavy atom. The minimum absolute atomic E-state index is 0.218. The van der Waals surface area contributed by atoms with E-state index in [-0.39, 0.29) is 28.8 Å². The molecule has 0 atom stereocenters. The van der Waals surface area contributed by atoms with Gasteiger partial charge in [0.15, 0.2) is 0 Å². The van der Waals surface area contributed by atoms with E-state index in [9.17, 15) is 8.42 Å². The lowest BCUT2D eigenvalue weighted by Gasteiger charge is -2.27. The number of rotatable bonds is 5. The zero-order valence-corrected chi connectivity index (χ0v) is 11.8. The second-order valence-corrected chi connectivity index (χ2v) is 7.80. The standard InChI is InChI=1S/C11H23N3O3S/c1-11(2,10(12)14-15)5-6-13-9-3-7-18(16,17)8-4-9/h9,13,15H,3-8H2,1-2H3,(H2,12,14). The molecular weight excluding hydrogens is 254 g/mol. The number of hydrogen-bond acceptors (Lipinski definition) is 5. The average molecular weight is 277 g/mol. The van der Waals surface area contributed by atoms with E-state index >= 15 is 0 Å². The molecule has 0 saturated carbocycles. The molecule has 1 rings (SSSR count). The van der Waals surface area contributed by atoms with Crippen molar-refractivity contribution in [3.05, 3.63) is 0 Å². The Kier molecular flexibility index (Phi) is 4.98. The van der Waals surface area contributed by atoms with Gasteiger partial charge in [-0.2, -0.15) is 0 Å². The number of amidine groups is 1. The van der Waals surface area contributed by atoms with Crippen molar-refractivity contribution in [2.75, 3.05) is 18.1 Å². The summed E-state index contributed by atoms with van der Waals surface area (Å²) in [4.78, 5) is 0. The van der Waals surface area contributed by atoms with Crippen LogP contribution in [0.15, 0.2) is 5.16 Å². The Hall–Kier alpha value is -0.820. The predicted molar refractivity (Wildman–Crippen MR) is 71.5 cm³/mol. The van der Waals surface area contributed by atoms with E-state index in [0.29, 0.717) is 12.8 Å². The Morgan fingerprint density at radius 2 is 2.00 bits per heavy atom. The fourth-order valence-corrected chi connectivity index (χ4v) is 3.44. The molecule has 0 radical (unpaired) electrons. The fraction of sp³-hybridized carbons (Fsp3) is 0.909. The van der Waals surface area contributed by atoms with Crippen LogP contribution >= 0.6 is 0 Å². The highest BCUT2D eigenvalue weighted by atomic mass is 32.2. The summed E-state index contributed by atoms with van der Waals surface area (Å²) in [7, 11) is -2.80. The van der Waals surface area contributed by atoms with Gasteiger partial charge >= 0.3 is 0 Å². The topological polar surface area (TPSA) is 105 Å². The zero-order chi connectivity index (χ0) is 13.8. The number of oxime groups is 1. The van der Waals surface area contributed by atoms with Crippen molar-refractivity contribution in [1.82, 2.24) is 5.32 Å². The van der Waals surface area contributed by atoms with Crippen molar-refractivity contribution in [3.8, 4) is 0 Å². The minimum Gasteiger partial charge on any atom is -0.409 e. The van der Waals surface area contributed by atoms with Gasteiger partial charge in [-0.15, -0.1) is 0 Å². The molecule has 6 nitrogen and oxygen atoms in total. The van der Waals surface area contributed by atoms with Crippen molar-refractivity contribution in [2.45, 2.75) is 39.2 Å². The van der Waals surface area contributed by atoms with Gasteiger partial charge in [0, 0.05) is 11.5 Å². The maximum atomic E-state index is 11.3. The van der Waals surface area contributed by atoms with E-state index in [0.717, 1.165) is 13.0 Å². The van der Waals surface area contributed by atoms with Crippen LogP contribution < -0.4 is 11.1 Å². The summed E-state index contributed by atoms with van der Waals surface area (Å²) in [6.07, 6.45) is 2.09. The number of nitrogens with zero attached hydrogens (tertiary/aromatic N) is 1. The van der Waals surface area contributed by atoms with Gasteiger partial charge in [-0.1, -0.05) is 19.0 Å². The van der Waals surface area contributed by atoms with Crippen LogP contribution in [-0.2, 0) is 9.84 Å². The molecule has 4 N–H and O–H groups in total. The van der Waals surface area contributed by atoms with E-state index in [1.165, 1.54) is 0 Å². The summed E-state index contributed by atoms with van der Waals surface area (Å²) in [5.74, 6) is 0.762. The molecule has 0 aromatic rings. The van der Waals surface area contributed by atoms with E-state index < -0.39 is 9.84 Å². The van der Waals surface area contributed by atoms with Gasteiger partial charge in [0.1, 0.15) is 15.7 Å². The first-order valence-electron chi connectivity index (χ1n) is 6.19. The third-order valence-electron chi connectivity index (χ3n) is 3.54. The highest BCUT2D eigenvalue weighted by Gasteiger charge is 2.26. The van der Waals surface area contributed by atoms with Crippen LogP contribution in [-0.4, -0.2) is 43.6 Å². The molecule has 0 unspecified atom stereocenters. The summed E-state index contributed by atoms with van der Waals surface area (Å²) in [5.41, 5.74) is 5.24. The van der Waals surface area contributed by atoms with Crippen LogP contribution in [0.5, 0.6) is 0 Å². The smallest absolute Gasteiger partial charge is 0.150 e. The van der Waals surface area contributed by atoms with Crippen LogP contribution in [0.2, 0.25) is 0 Å². The Labute approximate surface area is 109 Å². The van der Waals surface area contributed by atoms with Crippen LogP contribution in [0.25, 0.3) is 0 Å². The molecule has 0 bridgehead atoms. The molecular formula is C11H23N3O3S. The molecule has 0 aliphatic carbocycles. The van der Waals surface area contributed by atoms with E-state index in [4.69, 9.17) is 10.9 Å².